The number of aliphatic hydroxyl groups excluding tert-OH is 1. The van der Waals surface area contributed by atoms with Gasteiger partial charge in [0.2, 0.25) is 5.91 Å². The van der Waals surface area contributed by atoms with Gasteiger partial charge in [-0.15, -0.1) is 0 Å². The zero-order chi connectivity index (χ0) is 13.5. The van der Waals surface area contributed by atoms with Gasteiger partial charge in [-0.1, -0.05) is 0 Å². The van der Waals surface area contributed by atoms with Gasteiger partial charge >= 0.3 is 6.09 Å². The molecule has 0 radical (unpaired) electrons. The summed E-state index contributed by atoms with van der Waals surface area (Å²) >= 11 is 0. The molecular weight excluding hydrogens is 240 g/mol. The minimum absolute atomic E-state index is 0.478. The van der Waals surface area contributed by atoms with Crippen LogP contribution in [0.25, 0.3) is 0 Å². The molecule has 7 heteroatoms. The van der Waals surface area contributed by atoms with Crippen molar-refractivity contribution in [2.75, 3.05) is 19.0 Å². The summed E-state index contributed by atoms with van der Waals surface area (Å²) in [5.41, 5.74) is 0.478. The number of amides is 2. The number of carbonyl (C=O) groups is 2. The predicted molar refractivity (Wildman–Crippen MR) is 63.7 cm³/mol. The van der Waals surface area contributed by atoms with Crippen molar-refractivity contribution in [1.82, 2.24) is 5.32 Å². The molecule has 18 heavy (non-hydrogen) atoms. The van der Waals surface area contributed by atoms with E-state index < -0.39 is 24.6 Å². The van der Waals surface area contributed by atoms with Gasteiger partial charge < -0.3 is 25.6 Å². The molecule has 98 valence electrons. The first-order chi connectivity index (χ1) is 8.56. The zero-order valence-corrected chi connectivity index (χ0v) is 9.71. The summed E-state index contributed by atoms with van der Waals surface area (Å²) in [6.45, 7) is -0.617. The van der Waals surface area contributed by atoms with Crippen LogP contribution in [0.4, 0.5) is 10.5 Å². The Labute approximate surface area is 103 Å². The molecule has 1 rings (SSSR count). The van der Waals surface area contributed by atoms with Crippen LogP contribution in [0.5, 0.6) is 5.75 Å². The van der Waals surface area contributed by atoms with E-state index in [1.165, 1.54) is 7.11 Å². The Hall–Kier alpha value is -2.28. The molecule has 0 bridgehead atoms. The number of rotatable bonds is 5. The molecule has 1 aromatic carbocycles. The van der Waals surface area contributed by atoms with Crippen molar-refractivity contribution in [3.8, 4) is 5.75 Å². The summed E-state index contributed by atoms with van der Waals surface area (Å²) in [7, 11) is 1.52. The van der Waals surface area contributed by atoms with E-state index in [9.17, 15) is 9.59 Å². The predicted octanol–water partition coefficient (Wildman–Crippen LogP) is 0.262. The van der Waals surface area contributed by atoms with Crippen LogP contribution in [-0.4, -0.2) is 42.0 Å². The zero-order valence-electron chi connectivity index (χ0n) is 9.71. The number of benzene rings is 1. The second-order valence-electron chi connectivity index (χ2n) is 3.40. The number of hydrogen-bond donors (Lipinski definition) is 4. The first-order valence-electron chi connectivity index (χ1n) is 5.12. The largest absolute Gasteiger partial charge is 0.497 e. The van der Waals surface area contributed by atoms with Crippen LogP contribution in [0.3, 0.4) is 0 Å². The lowest BCUT2D eigenvalue weighted by atomic mass is 10.2. The molecule has 0 fully saturated rings. The molecule has 1 aromatic rings. The number of carboxylic acid groups (broad SMARTS) is 1. The van der Waals surface area contributed by atoms with E-state index in [1.807, 2.05) is 5.32 Å². The Bertz CT molecular complexity index is 418. The molecular formula is C11H14N2O5. The summed E-state index contributed by atoms with van der Waals surface area (Å²) in [4.78, 5) is 22.0. The van der Waals surface area contributed by atoms with Crippen molar-refractivity contribution in [3.63, 3.8) is 0 Å². The van der Waals surface area contributed by atoms with E-state index in [0.717, 1.165) is 0 Å². The molecule has 0 saturated carbocycles. The van der Waals surface area contributed by atoms with Crippen LogP contribution in [0.15, 0.2) is 24.3 Å². The fraction of sp³-hybridized carbons (Fsp3) is 0.273. The summed E-state index contributed by atoms with van der Waals surface area (Å²) in [6, 6.07) is 5.30. The van der Waals surface area contributed by atoms with Gasteiger partial charge in [-0.05, 0) is 24.3 Å². The maximum Gasteiger partial charge on any atom is 0.405 e. The summed E-state index contributed by atoms with van der Waals surface area (Å²) < 4.78 is 4.95. The van der Waals surface area contributed by atoms with Crippen LogP contribution in [0.2, 0.25) is 0 Å². The van der Waals surface area contributed by atoms with Crippen LogP contribution < -0.4 is 15.4 Å². The summed E-state index contributed by atoms with van der Waals surface area (Å²) in [6.07, 6.45) is -1.38. The number of aliphatic hydroxyl groups is 1. The second-order valence-corrected chi connectivity index (χ2v) is 3.40. The third kappa shape index (κ3) is 3.95. The number of methoxy groups -OCH3 is 1. The van der Waals surface area contributed by atoms with Crippen LogP contribution in [-0.2, 0) is 4.79 Å². The molecule has 7 nitrogen and oxygen atoms in total. The maximum atomic E-state index is 11.6. The number of carbonyl (C=O) groups excluding carboxylic acids is 1. The molecule has 4 N–H and O–H groups in total. The average Bonchev–Trinajstić information content (AvgIpc) is 2.36. The normalized spacial score (nSPS) is 11.4. The quantitative estimate of drug-likeness (QED) is 0.603. The average molecular weight is 254 g/mol. The van der Waals surface area contributed by atoms with Gasteiger partial charge in [0.25, 0.3) is 0 Å². The van der Waals surface area contributed by atoms with Gasteiger partial charge in [-0.25, -0.2) is 4.79 Å². The van der Waals surface area contributed by atoms with Gasteiger partial charge in [0.15, 0.2) is 0 Å². The van der Waals surface area contributed by atoms with E-state index in [2.05, 4.69) is 5.32 Å². The van der Waals surface area contributed by atoms with E-state index in [-0.39, 0.29) is 0 Å². The highest BCUT2D eigenvalue weighted by Crippen LogP contribution is 2.15. The van der Waals surface area contributed by atoms with E-state index in [1.54, 1.807) is 24.3 Å². The number of anilines is 1. The minimum atomic E-state index is -1.38. The second kappa shape index (κ2) is 6.45. The highest BCUT2D eigenvalue weighted by molar-refractivity contribution is 5.96. The van der Waals surface area contributed by atoms with Gasteiger partial charge in [0, 0.05) is 5.69 Å². The monoisotopic (exact) mass is 254 g/mol. The number of nitrogens with one attached hydrogen (secondary N) is 2. The molecule has 0 aliphatic rings. The Morgan fingerprint density at radius 3 is 2.39 bits per heavy atom. The lowest BCUT2D eigenvalue weighted by Gasteiger charge is -2.14. The van der Waals surface area contributed by atoms with Crippen molar-refractivity contribution in [2.45, 2.75) is 6.04 Å². The highest BCUT2D eigenvalue weighted by Gasteiger charge is 2.19. The fourth-order valence-corrected chi connectivity index (χ4v) is 1.25. The van der Waals surface area contributed by atoms with E-state index >= 15 is 0 Å². The van der Waals surface area contributed by atoms with E-state index in [0.29, 0.717) is 11.4 Å². The topological polar surface area (TPSA) is 108 Å². The van der Waals surface area contributed by atoms with Crippen LogP contribution in [0, 0.1) is 0 Å². The SMILES string of the molecule is COc1ccc(NC(=O)C(CO)NC(=O)O)cc1. The maximum absolute atomic E-state index is 11.6. The molecule has 1 atom stereocenters. The van der Waals surface area contributed by atoms with Crippen LogP contribution in [0.1, 0.15) is 0 Å². The number of ether oxygens (including phenoxy) is 1. The third-order valence-electron chi connectivity index (χ3n) is 2.15. The lowest BCUT2D eigenvalue weighted by molar-refractivity contribution is -0.118. The smallest absolute Gasteiger partial charge is 0.405 e. The highest BCUT2D eigenvalue weighted by atomic mass is 16.5. The molecule has 0 heterocycles. The third-order valence-corrected chi connectivity index (χ3v) is 2.15. The van der Waals surface area contributed by atoms with Crippen molar-refractivity contribution >= 4 is 17.7 Å². The van der Waals surface area contributed by atoms with Gasteiger partial charge in [-0.3, -0.25) is 4.79 Å². The minimum Gasteiger partial charge on any atom is -0.497 e. The molecule has 0 saturated heterocycles. The van der Waals surface area contributed by atoms with Crippen molar-refractivity contribution in [2.24, 2.45) is 0 Å². The molecule has 0 aromatic heterocycles. The number of hydrogen-bond acceptors (Lipinski definition) is 4. The van der Waals surface area contributed by atoms with Crippen molar-refractivity contribution in [3.05, 3.63) is 24.3 Å². The fourth-order valence-electron chi connectivity index (χ4n) is 1.25. The van der Waals surface area contributed by atoms with Gasteiger partial charge in [0.05, 0.1) is 13.7 Å². The van der Waals surface area contributed by atoms with Crippen LogP contribution >= 0.6 is 0 Å². The molecule has 0 aliphatic heterocycles. The van der Waals surface area contributed by atoms with Crippen molar-refractivity contribution < 1.29 is 24.5 Å². The summed E-state index contributed by atoms with van der Waals surface area (Å²) in [5.74, 6) is 0.000403. The molecule has 0 spiro atoms. The van der Waals surface area contributed by atoms with Crippen molar-refractivity contribution in [1.29, 1.82) is 0 Å². The first-order valence-corrected chi connectivity index (χ1v) is 5.12. The first kappa shape index (κ1) is 13.8. The van der Waals surface area contributed by atoms with Gasteiger partial charge in [0.1, 0.15) is 11.8 Å². The Morgan fingerprint density at radius 2 is 1.94 bits per heavy atom. The Morgan fingerprint density at radius 1 is 1.33 bits per heavy atom. The summed E-state index contributed by atoms with van der Waals surface area (Å²) in [5, 5.41) is 21.7. The van der Waals surface area contributed by atoms with Gasteiger partial charge in [-0.2, -0.15) is 0 Å². The Balaban J connectivity index is 2.64. The van der Waals surface area contributed by atoms with E-state index in [4.69, 9.17) is 14.9 Å². The molecule has 1 unspecified atom stereocenters. The molecule has 2 amide bonds. The Kier molecular flexibility index (Phi) is 4.94. The lowest BCUT2D eigenvalue weighted by Crippen LogP contribution is -2.45. The standard InChI is InChI=1S/C11H14N2O5/c1-18-8-4-2-7(3-5-8)12-10(15)9(6-14)13-11(16)17/h2-5,9,13-14H,6H2,1H3,(H,12,15)(H,16,17). The molecule has 0 aliphatic carbocycles.